The smallest absolute Gasteiger partial charge is 0.270 e. The highest BCUT2D eigenvalue weighted by Gasteiger charge is 2.04. The van der Waals surface area contributed by atoms with E-state index >= 15 is 0 Å². The summed E-state index contributed by atoms with van der Waals surface area (Å²) in [6.45, 7) is 2.82. The van der Waals surface area contributed by atoms with E-state index in [-0.39, 0.29) is 11.6 Å². The van der Waals surface area contributed by atoms with Crippen molar-refractivity contribution >= 4 is 17.7 Å². The van der Waals surface area contributed by atoms with E-state index in [1.165, 1.54) is 29.8 Å². The minimum Gasteiger partial charge on any atom is -0.492 e. The van der Waals surface area contributed by atoms with E-state index in [0.29, 0.717) is 18.7 Å². The van der Waals surface area contributed by atoms with Gasteiger partial charge in [-0.05, 0) is 35.8 Å². The maximum atomic E-state index is 11.7. The third kappa shape index (κ3) is 6.10. The molecular weight excluding hydrogens is 320 g/mol. The molecular formula is C19H20N2O4. The predicted octanol–water partition coefficient (Wildman–Crippen LogP) is 3.37. The summed E-state index contributed by atoms with van der Waals surface area (Å²) < 4.78 is 5.55. The molecule has 6 nitrogen and oxygen atoms in total. The van der Waals surface area contributed by atoms with Gasteiger partial charge in [-0.2, -0.15) is 0 Å². The predicted molar refractivity (Wildman–Crippen MR) is 96.5 cm³/mol. The molecule has 1 N–H and O–H groups in total. The van der Waals surface area contributed by atoms with Crippen molar-refractivity contribution in [1.29, 1.82) is 0 Å². The lowest BCUT2D eigenvalue weighted by molar-refractivity contribution is -0.384. The van der Waals surface area contributed by atoms with Crippen LogP contribution in [0, 0.1) is 10.1 Å². The highest BCUT2D eigenvalue weighted by molar-refractivity contribution is 5.91. The van der Waals surface area contributed by atoms with Crippen LogP contribution in [0.25, 0.3) is 6.08 Å². The Balaban J connectivity index is 1.74. The van der Waals surface area contributed by atoms with E-state index in [1.807, 2.05) is 24.3 Å². The van der Waals surface area contributed by atoms with E-state index in [9.17, 15) is 14.9 Å². The molecule has 0 saturated carbocycles. The average molecular weight is 340 g/mol. The Morgan fingerprint density at radius 2 is 2.00 bits per heavy atom. The number of nitro benzene ring substituents is 1. The van der Waals surface area contributed by atoms with Crippen LogP contribution < -0.4 is 10.1 Å². The molecule has 0 radical (unpaired) electrons. The Bertz CT molecular complexity index is 754. The van der Waals surface area contributed by atoms with Crippen molar-refractivity contribution in [2.45, 2.75) is 13.3 Å². The molecule has 2 aromatic carbocycles. The minimum atomic E-state index is -0.470. The number of hydrogen-bond acceptors (Lipinski definition) is 4. The van der Waals surface area contributed by atoms with Gasteiger partial charge in [-0.3, -0.25) is 14.9 Å². The van der Waals surface area contributed by atoms with Crippen LogP contribution in [0.1, 0.15) is 18.1 Å². The zero-order chi connectivity index (χ0) is 18.1. The molecule has 25 heavy (non-hydrogen) atoms. The molecule has 0 atom stereocenters. The van der Waals surface area contributed by atoms with Crippen molar-refractivity contribution in [3.63, 3.8) is 0 Å². The molecule has 6 heteroatoms. The summed E-state index contributed by atoms with van der Waals surface area (Å²) in [5.74, 6) is 0.482. The molecule has 0 fully saturated rings. The normalized spacial score (nSPS) is 10.6. The monoisotopic (exact) mass is 340 g/mol. The summed E-state index contributed by atoms with van der Waals surface area (Å²) in [5.41, 5.74) is 1.83. The zero-order valence-corrected chi connectivity index (χ0v) is 14.0. The zero-order valence-electron chi connectivity index (χ0n) is 14.0. The van der Waals surface area contributed by atoms with Gasteiger partial charge >= 0.3 is 0 Å². The molecule has 0 saturated heterocycles. The van der Waals surface area contributed by atoms with Crippen LogP contribution in [0.5, 0.6) is 5.75 Å². The largest absolute Gasteiger partial charge is 0.492 e. The number of benzene rings is 2. The lowest BCUT2D eigenvalue weighted by Crippen LogP contribution is -2.26. The van der Waals surface area contributed by atoms with E-state index < -0.39 is 4.92 Å². The molecule has 130 valence electrons. The number of carbonyl (C=O) groups is 1. The second kappa shape index (κ2) is 9.22. The van der Waals surface area contributed by atoms with Crippen molar-refractivity contribution in [2.75, 3.05) is 13.2 Å². The molecule has 0 bridgehead atoms. The second-order valence-corrected chi connectivity index (χ2v) is 5.32. The maximum Gasteiger partial charge on any atom is 0.270 e. The van der Waals surface area contributed by atoms with Crippen LogP contribution >= 0.6 is 0 Å². The number of nitro groups is 1. The molecule has 0 aliphatic carbocycles. The lowest BCUT2D eigenvalue weighted by Gasteiger charge is -2.07. The summed E-state index contributed by atoms with van der Waals surface area (Å²) >= 11 is 0. The van der Waals surface area contributed by atoms with Crippen molar-refractivity contribution in [2.24, 2.45) is 0 Å². The van der Waals surface area contributed by atoms with Crippen LogP contribution in [0.3, 0.4) is 0 Å². The fourth-order valence-electron chi connectivity index (χ4n) is 2.14. The van der Waals surface area contributed by atoms with Gasteiger partial charge < -0.3 is 10.1 Å². The number of amides is 1. The molecule has 0 aliphatic rings. The Kier molecular flexibility index (Phi) is 6.71. The van der Waals surface area contributed by atoms with Gasteiger partial charge in [0.1, 0.15) is 12.4 Å². The van der Waals surface area contributed by atoms with Crippen molar-refractivity contribution in [3.05, 3.63) is 75.8 Å². The summed E-state index contributed by atoms with van der Waals surface area (Å²) in [7, 11) is 0. The molecule has 1 amide bonds. The SMILES string of the molecule is CCc1ccc(OCCNC(=O)/C=C/c2cccc([N+](=O)[O-])c2)cc1. The summed E-state index contributed by atoms with van der Waals surface area (Å²) in [6.07, 6.45) is 3.86. The average Bonchev–Trinajstić information content (AvgIpc) is 2.64. The molecule has 0 aliphatic heterocycles. The van der Waals surface area contributed by atoms with Crippen molar-refractivity contribution in [1.82, 2.24) is 5.32 Å². The highest BCUT2D eigenvalue weighted by Crippen LogP contribution is 2.14. The van der Waals surface area contributed by atoms with Crippen molar-refractivity contribution in [3.8, 4) is 5.75 Å². The van der Waals surface area contributed by atoms with Crippen LogP contribution in [-0.2, 0) is 11.2 Å². The lowest BCUT2D eigenvalue weighted by atomic mass is 10.2. The molecule has 2 rings (SSSR count). The van der Waals surface area contributed by atoms with Gasteiger partial charge in [0.25, 0.3) is 5.69 Å². The number of nitrogens with one attached hydrogen (secondary N) is 1. The Hall–Kier alpha value is -3.15. The molecule has 0 unspecified atom stereocenters. The summed E-state index contributed by atoms with van der Waals surface area (Å²) in [6, 6.07) is 13.9. The molecule has 0 heterocycles. The number of carbonyl (C=O) groups excluding carboxylic acids is 1. The number of rotatable bonds is 8. The molecule has 2 aromatic rings. The standard InChI is InChI=1S/C19H20N2O4/c1-2-15-6-9-18(10-7-15)25-13-12-20-19(22)11-8-16-4-3-5-17(14-16)21(23)24/h3-11,14H,2,12-13H2,1H3,(H,20,22)/b11-8+. The number of aryl methyl sites for hydroxylation is 1. The van der Waals surface area contributed by atoms with Crippen LogP contribution in [0.2, 0.25) is 0 Å². The molecule has 0 aromatic heterocycles. The quantitative estimate of drug-likeness (QED) is 0.346. The maximum absolute atomic E-state index is 11.7. The van der Waals surface area contributed by atoms with Crippen LogP contribution in [0.15, 0.2) is 54.6 Å². The fraction of sp³-hybridized carbons (Fsp3) is 0.211. The first-order valence-corrected chi connectivity index (χ1v) is 8.00. The fourth-order valence-corrected chi connectivity index (χ4v) is 2.14. The number of non-ortho nitro benzene ring substituents is 1. The van der Waals surface area contributed by atoms with Crippen LogP contribution in [0.4, 0.5) is 5.69 Å². The third-order valence-electron chi connectivity index (χ3n) is 3.51. The summed E-state index contributed by atoms with van der Waals surface area (Å²) in [5, 5.41) is 13.4. The van der Waals surface area contributed by atoms with Crippen molar-refractivity contribution < 1.29 is 14.5 Å². The van der Waals surface area contributed by atoms with Gasteiger partial charge in [0.2, 0.25) is 5.91 Å². The van der Waals surface area contributed by atoms with E-state index in [2.05, 4.69) is 12.2 Å². The summed E-state index contributed by atoms with van der Waals surface area (Å²) in [4.78, 5) is 22.0. The number of ether oxygens (including phenoxy) is 1. The van der Waals surface area contributed by atoms with Gasteiger partial charge in [-0.25, -0.2) is 0 Å². The first-order chi connectivity index (χ1) is 12.1. The van der Waals surface area contributed by atoms with Gasteiger partial charge in [0.05, 0.1) is 11.5 Å². The Labute approximate surface area is 146 Å². The highest BCUT2D eigenvalue weighted by atomic mass is 16.6. The van der Waals surface area contributed by atoms with Crippen LogP contribution in [-0.4, -0.2) is 24.0 Å². The Morgan fingerprint density at radius 1 is 1.24 bits per heavy atom. The van der Waals surface area contributed by atoms with Gasteiger partial charge in [0, 0.05) is 18.2 Å². The molecule has 0 spiro atoms. The van der Waals surface area contributed by atoms with Gasteiger partial charge in [-0.15, -0.1) is 0 Å². The first-order valence-electron chi connectivity index (χ1n) is 8.00. The Morgan fingerprint density at radius 3 is 2.68 bits per heavy atom. The number of hydrogen-bond donors (Lipinski definition) is 1. The topological polar surface area (TPSA) is 81.5 Å². The number of nitrogens with zero attached hydrogens (tertiary/aromatic N) is 1. The minimum absolute atomic E-state index is 0.00921. The van der Waals surface area contributed by atoms with E-state index in [1.54, 1.807) is 12.1 Å². The van der Waals surface area contributed by atoms with Gasteiger partial charge in [-0.1, -0.05) is 31.2 Å². The first kappa shape index (κ1) is 18.2. The second-order valence-electron chi connectivity index (χ2n) is 5.32. The van der Waals surface area contributed by atoms with E-state index in [0.717, 1.165) is 12.2 Å². The van der Waals surface area contributed by atoms with Gasteiger partial charge in [0.15, 0.2) is 0 Å². The van der Waals surface area contributed by atoms with E-state index in [4.69, 9.17) is 4.74 Å². The third-order valence-corrected chi connectivity index (χ3v) is 3.51.